The van der Waals surface area contributed by atoms with Gasteiger partial charge in [0.1, 0.15) is 23.0 Å². The SMILES string of the molecule is CCCC1(C)OC(=O)C(=C/C=C/C=C/C2C(=O)OC3(CCC4(CC3)OC(=O)C(=C/C=C/C=C/C3C(=O)OC(C)(CCC)OC3O)C(=O)O4)OC2O)C(=O)O1. The number of aliphatic hydroxyl groups is 2. The molecule has 292 valence electrons. The van der Waals surface area contributed by atoms with E-state index in [0.29, 0.717) is 25.7 Å². The number of aliphatic hydroxyl groups excluding tert-OH is 2. The van der Waals surface area contributed by atoms with E-state index in [9.17, 15) is 39.0 Å². The maximum Gasteiger partial charge on any atom is 0.348 e. The summed E-state index contributed by atoms with van der Waals surface area (Å²) in [5, 5.41) is 21.0. The first-order chi connectivity index (χ1) is 25.5. The lowest BCUT2D eigenvalue weighted by Gasteiger charge is -2.48. The molecule has 4 saturated heterocycles. The molecule has 5 rings (SSSR count). The van der Waals surface area contributed by atoms with Gasteiger partial charge < -0.3 is 48.1 Å². The Morgan fingerprint density at radius 3 is 1.43 bits per heavy atom. The molecule has 0 amide bonds. The zero-order chi connectivity index (χ0) is 39.3. The zero-order valence-electron chi connectivity index (χ0n) is 30.3. The van der Waals surface area contributed by atoms with Crippen LogP contribution in [0.1, 0.15) is 79.1 Å². The second-order valence-corrected chi connectivity index (χ2v) is 13.8. The lowest BCUT2D eigenvalue weighted by molar-refractivity contribution is -0.351. The quantitative estimate of drug-likeness (QED) is 0.107. The number of esters is 6. The summed E-state index contributed by atoms with van der Waals surface area (Å²) in [6.07, 6.45) is 12.2. The van der Waals surface area contributed by atoms with Gasteiger partial charge in [-0.25, -0.2) is 19.2 Å². The van der Waals surface area contributed by atoms with Crippen LogP contribution in [0.25, 0.3) is 0 Å². The van der Waals surface area contributed by atoms with Gasteiger partial charge in [-0.3, -0.25) is 9.59 Å². The number of ether oxygens (including phenoxy) is 8. The van der Waals surface area contributed by atoms with Crippen molar-refractivity contribution in [1.82, 2.24) is 0 Å². The van der Waals surface area contributed by atoms with Crippen LogP contribution in [0.15, 0.2) is 71.9 Å². The van der Waals surface area contributed by atoms with Crippen LogP contribution in [0.4, 0.5) is 0 Å². The Hall–Kier alpha value is -4.90. The second-order valence-electron chi connectivity index (χ2n) is 13.8. The Labute approximate surface area is 311 Å². The Morgan fingerprint density at radius 2 is 0.963 bits per heavy atom. The van der Waals surface area contributed by atoms with Crippen molar-refractivity contribution >= 4 is 35.8 Å². The molecule has 0 aromatic rings. The molecular formula is C38H44O16. The molecule has 5 atom stereocenters. The fraction of sp³-hybridized carbons (Fsp3) is 0.526. The van der Waals surface area contributed by atoms with Crippen molar-refractivity contribution < 1.29 is 76.9 Å². The summed E-state index contributed by atoms with van der Waals surface area (Å²) in [6, 6.07) is 0. The minimum absolute atomic E-state index is 0.0652. The molecule has 4 aliphatic heterocycles. The van der Waals surface area contributed by atoms with Crippen LogP contribution in [-0.2, 0) is 66.7 Å². The smallest absolute Gasteiger partial charge is 0.348 e. The Kier molecular flexibility index (Phi) is 12.1. The monoisotopic (exact) mass is 756 g/mol. The number of allylic oxidation sites excluding steroid dienone is 8. The lowest BCUT2D eigenvalue weighted by atomic mass is 9.87. The van der Waals surface area contributed by atoms with Crippen LogP contribution >= 0.6 is 0 Å². The predicted octanol–water partition coefficient (Wildman–Crippen LogP) is 3.28. The van der Waals surface area contributed by atoms with Crippen LogP contribution in [0, 0.1) is 11.8 Å². The molecule has 16 nitrogen and oxygen atoms in total. The van der Waals surface area contributed by atoms with Crippen molar-refractivity contribution in [2.75, 3.05) is 0 Å². The average molecular weight is 757 g/mol. The van der Waals surface area contributed by atoms with E-state index in [1.165, 1.54) is 67.7 Å². The molecule has 5 aliphatic rings. The van der Waals surface area contributed by atoms with E-state index in [1.54, 1.807) is 6.92 Å². The van der Waals surface area contributed by atoms with Gasteiger partial charge in [0.25, 0.3) is 11.6 Å². The minimum atomic E-state index is -1.63. The van der Waals surface area contributed by atoms with Crippen molar-refractivity contribution in [3.8, 4) is 0 Å². The molecule has 2 spiro atoms. The zero-order valence-corrected chi connectivity index (χ0v) is 30.3. The Balaban J connectivity index is 1.11. The highest BCUT2D eigenvalue weighted by Crippen LogP contribution is 2.46. The van der Waals surface area contributed by atoms with Gasteiger partial charge in [-0.2, -0.15) is 0 Å². The van der Waals surface area contributed by atoms with E-state index >= 15 is 0 Å². The highest BCUT2D eigenvalue weighted by Gasteiger charge is 2.57. The van der Waals surface area contributed by atoms with Crippen LogP contribution in [0.3, 0.4) is 0 Å². The van der Waals surface area contributed by atoms with E-state index in [-0.39, 0.29) is 36.8 Å². The van der Waals surface area contributed by atoms with Crippen LogP contribution in [0.2, 0.25) is 0 Å². The summed E-state index contributed by atoms with van der Waals surface area (Å²) in [5.41, 5.74) is -0.684. The molecule has 1 aliphatic carbocycles. The Bertz CT molecular complexity index is 1660. The van der Waals surface area contributed by atoms with E-state index < -0.39 is 83.4 Å². The van der Waals surface area contributed by atoms with Gasteiger partial charge in [0.2, 0.25) is 11.6 Å². The number of hydrogen-bond acceptors (Lipinski definition) is 16. The number of cyclic esters (lactones) is 3. The molecule has 16 heteroatoms. The molecular weight excluding hydrogens is 712 g/mol. The molecule has 0 aromatic heterocycles. The van der Waals surface area contributed by atoms with Gasteiger partial charge in [-0.15, -0.1) is 0 Å². The molecule has 0 radical (unpaired) electrons. The topological polar surface area (TPSA) is 217 Å². The fourth-order valence-corrected chi connectivity index (χ4v) is 6.57. The summed E-state index contributed by atoms with van der Waals surface area (Å²) < 4.78 is 43.7. The van der Waals surface area contributed by atoms with Crippen molar-refractivity contribution in [2.24, 2.45) is 11.8 Å². The maximum absolute atomic E-state index is 12.9. The first kappa shape index (κ1) is 40.3. The lowest BCUT2D eigenvalue weighted by Crippen LogP contribution is -2.57. The van der Waals surface area contributed by atoms with Crippen LogP contribution in [0.5, 0.6) is 0 Å². The third kappa shape index (κ3) is 9.06. The van der Waals surface area contributed by atoms with Gasteiger partial charge >= 0.3 is 35.8 Å². The molecule has 5 fully saturated rings. The van der Waals surface area contributed by atoms with Crippen LogP contribution < -0.4 is 0 Å². The fourth-order valence-electron chi connectivity index (χ4n) is 6.57. The van der Waals surface area contributed by atoms with Gasteiger partial charge in [0, 0.05) is 52.4 Å². The highest BCUT2D eigenvalue weighted by molar-refractivity contribution is 6.16. The summed E-state index contributed by atoms with van der Waals surface area (Å²) in [7, 11) is 0. The molecule has 5 unspecified atom stereocenters. The van der Waals surface area contributed by atoms with E-state index in [2.05, 4.69) is 0 Å². The van der Waals surface area contributed by atoms with Gasteiger partial charge in [-0.05, 0) is 25.0 Å². The first-order valence-corrected chi connectivity index (χ1v) is 17.8. The number of rotatable bonds is 10. The van der Waals surface area contributed by atoms with E-state index in [4.69, 9.17) is 37.9 Å². The van der Waals surface area contributed by atoms with Crippen molar-refractivity contribution in [3.63, 3.8) is 0 Å². The van der Waals surface area contributed by atoms with E-state index in [1.807, 2.05) is 13.8 Å². The van der Waals surface area contributed by atoms with Gasteiger partial charge in [0.15, 0.2) is 12.6 Å². The number of carbonyl (C=O) groups is 6. The minimum Gasteiger partial charge on any atom is -0.433 e. The Morgan fingerprint density at radius 1 is 0.537 bits per heavy atom. The highest BCUT2D eigenvalue weighted by atomic mass is 16.8. The standard InChI is InChI=1S/C38H44O16/c1-5-17-35(3)47-27(39)23(28(40)48-35)13-9-7-11-15-25-31(43)51-37(52-32(25)44)19-21-38(22-20-37)53-33(45)26(34(46)54-38)16-12-8-10-14-24-29(41)49-36(4,18-6-2)50-30(24)42/h7-16,23,26-27,33,39,45H,5-6,17-22H2,1-4H3/b10-8+,11-7+,13-9+,16-12+,24-14?,25-15?. The summed E-state index contributed by atoms with van der Waals surface area (Å²) in [5.74, 6) is -12.9. The van der Waals surface area contributed by atoms with E-state index in [0.717, 1.165) is 0 Å². The van der Waals surface area contributed by atoms with Gasteiger partial charge in [0.05, 0.1) is 0 Å². The van der Waals surface area contributed by atoms with Gasteiger partial charge in [-0.1, -0.05) is 62.5 Å². The summed E-state index contributed by atoms with van der Waals surface area (Å²) in [6.45, 7) is 6.84. The number of carbonyl (C=O) groups excluding carboxylic acids is 6. The first-order valence-electron chi connectivity index (χ1n) is 17.8. The third-order valence-electron chi connectivity index (χ3n) is 9.31. The third-order valence-corrected chi connectivity index (χ3v) is 9.31. The molecule has 0 aromatic carbocycles. The maximum atomic E-state index is 12.9. The molecule has 0 bridgehead atoms. The second kappa shape index (κ2) is 16.2. The number of hydrogen-bond donors (Lipinski definition) is 2. The van der Waals surface area contributed by atoms with Crippen molar-refractivity contribution in [3.05, 3.63) is 71.9 Å². The van der Waals surface area contributed by atoms with Crippen molar-refractivity contribution in [1.29, 1.82) is 0 Å². The normalized spacial score (nSPS) is 36.1. The molecule has 2 N–H and O–H groups in total. The molecule has 1 saturated carbocycles. The summed E-state index contributed by atoms with van der Waals surface area (Å²) in [4.78, 5) is 75.6. The molecule has 4 heterocycles. The largest absolute Gasteiger partial charge is 0.433 e. The van der Waals surface area contributed by atoms with Crippen molar-refractivity contribution in [2.45, 2.75) is 115 Å². The summed E-state index contributed by atoms with van der Waals surface area (Å²) >= 11 is 0. The average Bonchev–Trinajstić information content (AvgIpc) is 3.06. The van der Waals surface area contributed by atoms with Crippen LogP contribution in [-0.4, -0.2) is 81.8 Å². The molecule has 54 heavy (non-hydrogen) atoms. The predicted molar refractivity (Wildman–Crippen MR) is 181 cm³/mol.